The molecule has 0 aliphatic carbocycles. The van der Waals surface area contributed by atoms with E-state index in [-0.39, 0.29) is 0 Å². The van der Waals surface area contributed by atoms with Crippen LogP contribution >= 0.6 is 0 Å². The van der Waals surface area contributed by atoms with Crippen molar-refractivity contribution in [1.82, 2.24) is 0 Å². The molecule has 0 saturated carbocycles. The molecule has 0 bridgehead atoms. The van der Waals surface area contributed by atoms with Crippen LogP contribution in [-0.4, -0.2) is 10.2 Å². The van der Waals surface area contributed by atoms with Gasteiger partial charge in [-0.3, -0.25) is 0 Å². The second-order valence-corrected chi connectivity index (χ2v) is 6.96. The number of allylic oxidation sites excluding steroid dienone is 2. The molecule has 0 atom stereocenters. The van der Waals surface area contributed by atoms with Crippen LogP contribution in [0.25, 0.3) is 0 Å². The van der Waals surface area contributed by atoms with Crippen molar-refractivity contribution in [1.29, 1.82) is 0 Å². The number of hydrogen-bond acceptors (Lipinski definition) is 0. The summed E-state index contributed by atoms with van der Waals surface area (Å²) in [5, 5.41) is 1.86. The van der Waals surface area contributed by atoms with Crippen molar-refractivity contribution in [2.75, 3.05) is 0 Å². The Kier molecular flexibility index (Phi) is 13.4. The van der Waals surface area contributed by atoms with E-state index in [1.807, 2.05) is 10.8 Å². The van der Waals surface area contributed by atoms with Gasteiger partial charge in [0, 0.05) is 10.2 Å². The third kappa shape index (κ3) is 9.93. The molecular formula is C17H36Si. The predicted molar refractivity (Wildman–Crippen MR) is 89.4 cm³/mol. The van der Waals surface area contributed by atoms with Gasteiger partial charge < -0.3 is 0 Å². The molecule has 0 aromatic rings. The Bertz CT molecular complexity index is 194. The SMILES string of the molecule is CCCCCC([SiH3])=C(CCCCC)CCCCC. The van der Waals surface area contributed by atoms with Crippen LogP contribution in [0.15, 0.2) is 10.8 Å². The van der Waals surface area contributed by atoms with Gasteiger partial charge in [-0.2, -0.15) is 0 Å². The van der Waals surface area contributed by atoms with E-state index in [0.717, 1.165) is 0 Å². The van der Waals surface area contributed by atoms with Crippen molar-refractivity contribution in [3.63, 3.8) is 0 Å². The minimum absolute atomic E-state index is 1.31. The first kappa shape index (κ1) is 18.0. The minimum Gasteiger partial charge on any atom is -0.0925 e. The molecule has 0 N–H and O–H groups in total. The van der Waals surface area contributed by atoms with Gasteiger partial charge in [-0.1, -0.05) is 70.1 Å². The molecule has 0 rings (SSSR count). The summed E-state index contributed by atoms with van der Waals surface area (Å²) in [4.78, 5) is 0. The van der Waals surface area contributed by atoms with Gasteiger partial charge in [-0.25, -0.2) is 0 Å². The normalized spacial score (nSPS) is 10.8. The quantitative estimate of drug-likeness (QED) is 0.331. The van der Waals surface area contributed by atoms with E-state index in [9.17, 15) is 0 Å². The molecule has 0 unspecified atom stereocenters. The predicted octanol–water partition coefficient (Wildman–Crippen LogP) is 5.35. The molecule has 108 valence electrons. The fourth-order valence-corrected chi connectivity index (χ4v) is 3.40. The van der Waals surface area contributed by atoms with Crippen LogP contribution < -0.4 is 0 Å². The van der Waals surface area contributed by atoms with Gasteiger partial charge >= 0.3 is 0 Å². The maximum atomic E-state index is 2.31. The van der Waals surface area contributed by atoms with Crippen molar-refractivity contribution < 1.29 is 0 Å². The summed E-state index contributed by atoms with van der Waals surface area (Å²) in [7, 11) is 1.31. The Morgan fingerprint density at radius 2 is 1.00 bits per heavy atom. The van der Waals surface area contributed by atoms with Gasteiger partial charge in [0.2, 0.25) is 0 Å². The Balaban J connectivity index is 4.16. The molecule has 0 spiro atoms. The second-order valence-electron chi connectivity index (χ2n) is 5.76. The molecule has 18 heavy (non-hydrogen) atoms. The van der Waals surface area contributed by atoms with Crippen LogP contribution in [0.2, 0.25) is 0 Å². The molecule has 0 saturated heterocycles. The van der Waals surface area contributed by atoms with E-state index in [4.69, 9.17) is 0 Å². The molecule has 1 heteroatoms. The topological polar surface area (TPSA) is 0 Å². The fraction of sp³-hybridized carbons (Fsp3) is 0.882. The summed E-state index contributed by atoms with van der Waals surface area (Å²) in [6.45, 7) is 6.92. The lowest BCUT2D eigenvalue weighted by Crippen LogP contribution is -1.95. The smallest absolute Gasteiger partial charge is 0.0332 e. The van der Waals surface area contributed by atoms with Crippen molar-refractivity contribution >= 4 is 10.2 Å². The van der Waals surface area contributed by atoms with Crippen molar-refractivity contribution in [3.05, 3.63) is 10.8 Å². The molecule has 0 radical (unpaired) electrons. The third-order valence-corrected chi connectivity index (χ3v) is 5.13. The van der Waals surface area contributed by atoms with Gasteiger partial charge in [-0.05, 0) is 38.5 Å². The zero-order valence-electron chi connectivity index (χ0n) is 13.5. The number of hydrogen-bond donors (Lipinski definition) is 0. The lowest BCUT2D eigenvalue weighted by Gasteiger charge is -2.13. The van der Waals surface area contributed by atoms with Gasteiger partial charge in [0.05, 0.1) is 0 Å². The van der Waals surface area contributed by atoms with E-state index in [1.54, 1.807) is 0 Å². The van der Waals surface area contributed by atoms with E-state index in [2.05, 4.69) is 20.8 Å². The van der Waals surface area contributed by atoms with Crippen molar-refractivity contribution in [2.45, 2.75) is 97.8 Å². The molecule has 0 aromatic carbocycles. The van der Waals surface area contributed by atoms with E-state index < -0.39 is 0 Å². The highest BCUT2D eigenvalue weighted by Crippen LogP contribution is 2.22. The highest BCUT2D eigenvalue weighted by atomic mass is 28.1. The average Bonchev–Trinajstić information content (AvgIpc) is 2.37. The summed E-state index contributed by atoms with van der Waals surface area (Å²) in [6.07, 6.45) is 16.8. The van der Waals surface area contributed by atoms with Gasteiger partial charge in [-0.15, -0.1) is 0 Å². The Morgan fingerprint density at radius 1 is 0.611 bits per heavy atom. The summed E-state index contributed by atoms with van der Waals surface area (Å²) in [5.41, 5.74) is 1.86. The molecule has 0 aromatic heterocycles. The van der Waals surface area contributed by atoms with Crippen LogP contribution in [0.1, 0.15) is 97.8 Å². The molecule has 0 aliphatic heterocycles. The molecule has 0 amide bonds. The van der Waals surface area contributed by atoms with E-state index in [0.29, 0.717) is 0 Å². The minimum atomic E-state index is 1.31. The van der Waals surface area contributed by atoms with Crippen LogP contribution in [0.4, 0.5) is 0 Å². The Morgan fingerprint density at radius 3 is 1.39 bits per heavy atom. The highest BCUT2D eigenvalue weighted by molar-refractivity contribution is 6.22. The molecule has 0 heterocycles. The summed E-state index contributed by atoms with van der Waals surface area (Å²) in [6, 6.07) is 0. The molecule has 0 aliphatic rings. The number of rotatable bonds is 12. The van der Waals surface area contributed by atoms with E-state index >= 15 is 0 Å². The second kappa shape index (κ2) is 13.4. The fourth-order valence-electron chi connectivity index (χ4n) is 2.55. The van der Waals surface area contributed by atoms with Gasteiger partial charge in [0.25, 0.3) is 0 Å². The molecular weight excluding hydrogens is 232 g/mol. The molecule has 0 fully saturated rings. The Labute approximate surface area is 119 Å². The molecule has 0 nitrogen and oxygen atoms in total. The summed E-state index contributed by atoms with van der Waals surface area (Å²) in [5.74, 6) is 0. The Hall–Kier alpha value is -0.0431. The lowest BCUT2D eigenvalue weighted by atomic mass is 9.99. The van der Waals surface area contributed by atoms with Crippen LogP contribution in [0, 0.1) is 0 Å². The maximum absolute atomic E-state index is 2.31. The standard InChI is InChI=1S/C17H36Si/c1-4-7-10-13-16(14-11-8-5-2)17(18)15-12-9-6-3/h4-15H2,1-3,18H3. The van der Waals surface area contributed by atoms with Crippen LogP contribution in [-0.2, 0) is 0 Å². The van der Waals surface area contributed by atoms with Gasteiger partial charge in [0.15, 0.2) is 0 Å². The average molecular weight is 269 g/mol. The van der Waals surface area contributed by atoms with Crippen molar-refractivity contribution in [3.8, 4) is 0 Å². The maximum Gasteiger partial charge on any atom is 0.0332 e. The summed E-state index contributed by atoms with van der Waals surface area (Å²) < 4.78 is 0. The van der Waals surface area contributed by atoms with E-state index in [1.165, 1.54) is 87.3 Å². The first-order valence-electron chi connectivity index (χ1n) is 8.43. The first-order valence-corrected chi connectivity index (χ1v) is 9.43. The lowest BCUT2D eigenvalue weighted by molar-refractivity contribution is 0.648. The highest BCUT2D eigenvalue weighted by Gasteiger charge is 2.03. The largest absolute Gasteiger partial charge is 0.0925 e. The third-order valence-electron chi connectivity index (χ3n) is 3.92. The number of unbranched alkanes of at least 4 members (excludes halogenated alkanes) is 6. The van der Waals surface area contributed by atoms with Crippen molar-refractivity contribution in [2.24, 2.45) is 0 Å². The zero-order valence-corrected chi connectivity index (χ0v) is 15.5. The first-order chi connectivity index (χ1) is 8.76. The monoisotopic (exact) mass is 268 g/mol. The zero-order chi connectivity index (χ0) is 13.6. The van der Waals surface area contributed by atoms with Crippen LogP contribution in [0.3, 0.4) is 0 Å². The summed E-state index contributed by atoms with van der Waals surface area (Å²) >= 11 is 0. The van der Waals surface area contributed by atoms with Crippen LogP contribution in [0.5, 0.6) is 0 Å². The van der Waals surface area contributed by atoms with Gasteiger partial charge in [0.1, 0.15) is 0 Å².